The van der Waals surface area contributed by atoms with Crippen LogP contribution < -0.4 is 11.1 Å². The number of guanidine groups is 1. The second-order valence-electron chi connectivity index (χ2n) is 6.98. The second-order valence-corrected chi connectivity index (χ2v) is 6.98. The molecule has 1 aliphatic rings. The van der Waals surface area contributed by atoms with E-state index in [1.807, 2.05) is 54.6 Å². The largest absolute Gasteiger partial charge is 0.370 e. The van der Waals surface area contributed by atoms with Crippen LogP contribution in [-0.4, -0.2) is 16.9 Å². The fourth-order valence-electron chi connectivity index (χ4n) is 4.08. The number of para-hydroxylation sites is 1. The number of nitrogens with two attached hydrogens (primary N) is 1. The van der Waals surface area contributed by atoms with Crippen molar-refractivity contribution in [1.29, 1.82) is 5.41 Å². The second kappa shape index (κ2) is 7.19. The van der Waals surface area contributed by atoms with Gasteiger partial charge in [-0.3, -0.25) is 15.5 Å². The number of nitrogens with zero attached hydrogens (tertiary/aromatic N) is 1. The van der Waals surface area contributed by atoms with E-state index in [2.05, 4.69) is 5.32 Å². The molecule has 5 heteroatoms. The van der Waals surface area contributed by atoms with Gasteiger partial charge in [-0.25, -0.2) is 4.98 Å². The Hall–Kier alpha value is -3.21. The van der Waals surface area contributed by atoms with E-state index in [1.165, 1.54) is 0 Å². The molecule has 4 N–H and O–H groups in total. The molecule has 0 aliphatic heterocycles. The first-order valence-electron chi connectivity index (χ1n) is 9.28. The molecule has 5 nitrogen and oxygen atoms in total. The van der Waals surface area contributed by atoms with Crippen molar-refractivity contribution in [3.05, 3.63) is 65.7 Å². The van der Waals surface area contributed by atoms with Gasteiger partial charge in [-0.2, -0.15) is 0 Å². The molecule has 27 heavy (non-hydrogen) atoms. The Morgan fingerprint density at radius 3 is 2.41 bits per heavy atom. The van der Waals surface area contributed by atoms with Gasteiger partial charge in [0, 0.05) is 10.9 Å². The Morgan fingerprint density at radius 1 is 1.04 bits per heavy atom. The van der Waals surface area contributed by atoms with E-state index in [1.54, 1.807) is 0 Å². The predicted molar refractivity (Wildman–Crippen MR) is 108 cm³/mol. The van der Waals surface area contributed by atoms with Crippen LogP contribution in [0, 0.1) is 5.41 Å². The van der Waals surface area contributed by atoms with E-state index in [0.29, 0.717) is 5.56 Å². The van der Waals surface area contributed by atoms with Crippen LogP contribution in [0.5, 0.6) is 0 Å². The van der Waals surface area contributed by atoms with Crippen LogP contribution in [0.2, 0.25) is 0 Å². The summed E-state index contributed by atoms with van der Waals surface area (Å²) in [6.45, 7) is 0. The highest BCUT2D eigenvalue weighted by molar-refractivity contribution is 6.13. The number of benzene rings is 2. The average molecular weight is 358 g/mol. The van der Waals surface area contributed by atoms with Crippen molar-refractivity contribution in [3.8, 4) is 11.3 Å². The van der Waals surface area contributed by atoms with E-state index in [-0.39, 0.29) is 17.8 Å². The van der Waals surface area contributed by atoms with Crippen molar-refractivity contribution in [3.63, 3.8) is 0 Å². The summed E-state index contributed by atoms with van der Waals surface area (Å²) in [6.07, 6.45) is 4.39. The lowest BCUT2D eigenvalue weighted by molar-refractivity contribution is 0.0976. The molecule has 4 rings (SSSR count). The van der Waals surface area contributed by atoms with Crippen molar-refractivity contribution >= 4 is 22.8 Å². The van der Waals surface area contributed by atoms with E-state index >= 15 is 0 Å². The maximum atomic E-state index is 13.1. The molecular formula is C22H22N4O. The van der Waals surface area contributed by atoms with Gasteiger partial charge in [-0.1, -0.05) is 61.4 Å². The lowest BCUT2D eigenvalue weighted by atomic mass is 9.86. The van der Waals surface area contributed by atoms with Gasteiger partial charge in [-0.15, -0.1) is 0 Å². The maximum Gasteiger partial charge on any atom is 0.258 e. The number of pyridine rings is 1. The third kappa shape index (κ3) is 3.28. The quantitative estimate of drug-likeness (QED) is 0.484. The van der Waals surface area contributed by atoms with Gasteiger partial charge in [-0.05, 0) is 30.4 Å². The predicted octanol–water partition coefficient (Wildman–Crippen LogP) is 4.18. The average Bonchev–Trinajstić information content (AvgIpc) is 3.21. The van der Waals surface area contributed by atoms with Gasteiger partial charge in [0.1, 0.15) is 0 Å². The smallest absolute Gasteiger partial charge is 0.258 e. The lowest BCUT2D eigenvalue weighted by Gasteiger charge is -2.21. The van der Waals surface area contributed by atoms with Crippen molar-refractivity contribution in [1.82, 2.24) is 10.3 Å². The zero-order chi connectivity index (χ0) is 18.8. The van der Waals surface area contributed by atoms with E-state index in [0.717, 1.165) is 53.4 Å². The minimum atomic E-state index is -0.348. The summed E-state index contributed by atoms with van der Waals surface area (Å²) >= 11 is 0. The number of rotatable bonds is 3. The fraction of sp³-hybridized carbons (Fsp3) is 0.227. The van der Waals surface area contributed by atoms with Gasteiger partial charge in [0.25, 0.3) is 5.91 Å². The summed E-state index contributed by atoms with van der Waals surface area (Å²) in [7, 11) is 0. The van der Waals surface area contributed by atoms with E-state index < -0.39 is 0 Å². The summed E-state index contributed by atoms with van der Waals surface area (Å²) in [5, 5.41) is 10.8. The van der Waals surface area contributed by atoms with Gasteiger partial charge in [0.15, 0.2) is 5.96 Å². The third-order valence-electron chi connectivity index (χ3n) is 5.22. The minimum Gasteiger partial charge on any atom is -0.370 e. The number of hydrogen-bond donors (Lipinski definition) is 3. The highest BCUT2D eigenvalue weighted by atomic mass is 16.1. The van der Waals surface area contributed by atoms with Gasteiger partial charge < -0.3 is 5.73 Å². The number of hydrogen-bond acceptors (Lipinski definition) is 3. The zero-order valence-electron chi connectivity index (χ0n) is 15.0. The Bertz CT molecular complexity index is 1010. The highest BCUT2D eigenvalue weighted by Crippen LogP contribution is 2.42. The molecule has 1 fully saturated rings. The zero-order valence-corrected chi connectivity index (χ0v) is 15.0. The van der Waals surface area contributed by atoms with Crippen molar-refractivity contribution in [2.75, 3.05) is 0 Å². The fourth-order valence-corrected chi connectivity index (χ4v) is 4.08. The van der Waals surface area contributed by atoms with Gasteiger partial charge in [0.05, 0.1) is 16.8 Å². The molecule has 0 spiro atoms. The van der Waals surface area contributed by atoms with Crippen molar-refractivity contribution in [2.45, 2.75) is 31.6 Å². The van der Waals surface area contributed by atoms with Crippen LogP contribution in [0.3, 0.4) is 0 Å². The topological polar surface area (TPSA) is 91.9 Å². The molecule has 1 heterocycles. The molecule has 0 radical (unpaired) electrons. The van der Waals surface area contributed by atoms with E-state index in [9.17, 15) is 4.79 Å². The molecule has 0 atom stereocenters. The number of aromatic nitrogens is 1. The molecule has 0 saturated heterocycles. The van der Waals surface area contributed by atoms with Crippen molar-refractivity contribution in [2.24, 2.45) is 5.73 Å². The summed E-state index contributed by atoms with van der Waals surface area (Å²) in [6, 6.07) is 17.7. The first-order valence-corrected chi connectivity index (χ1v) is 9.28. The number of carbonyl (C=O) groups is 1. The summed E-state index contributed by atoms with van der Waals surface area (Å²) in [5.74, 6) is -0.398. The molecular weight excluding hydrogens is 336 g/mol. The van der Waals surface area contributed by atoms with Crippen LogP contribution in [0.25, 0.3) is 22.2 Å². The highest BCUT2D eigenvalue weighted by Gasteiger charge is 2.29. The molecule has 0 bridgehead atoms. The first kappa shape index (κ1) is 17.2. The van der Waals surface area contributed by atoms with Crippen LogP contribution in [0.1, 0.15) is 47.5 Å². The Kier molecular flexibility index (Phi) is 4.59. The number of amides is 1. The normalized spacial score (nSPS) is 14.4. The molecule has 3 aromatic rings. The molecule has 1 amide bonds. The molecule has 2 aromatic carbocycles. The summed E-state index contributed by atoms with van der Waals surface area (Å²) in [5.41, 5.74) is 9.67. The summed E-state index contributed by atoms with van der Waals surface area (Å²) < 4.78 is 0. The molecule has 1 aliphatic carbocycles. The molecule has 1 aromatic heterocycles. The monoisotopic (exact) mass is 358 g/mol. The summed E-state index contributed by atoms with van der Waals surface area (Å²) in [4.78, 5) is 18.0. The van der Waals surface area contributed by atoms with E-state index in [4.69, 9.17) is 16.1 Å². The Morgan fingerprint density at radius 2 is 1.70 bits per heavy atom. The molecule has 136 valence electrons. The molecule has 0 unspecified atom stereocenters. The van der Waals surface area contributed by atoms with Gasteiger partial charge >= 0.3 is 0 Å². The van der Waals surface area contributed by atoms with Crippen molar-refractivity contribution < 1.29 is 4.79 Å². The molecule has 1 saturated carbocycles. The first-order chi connectivity index (χ1) is 13.1. The third-order valence-corrected chi connectivity index (χ3v) is 5.22. The van der Waals surface area contributed by atoms with Crippen LogP contribution in [0.15, 0.2) is 54.6 Å². The number of nitrogens with one attached hydrogen (secondary N) is 2. The van der Waals surface area contributed by atoms with Crippen LogP contribution in [-0.2, 0) is 0 Å². The minimum absolute atomic E-state index is 0.282. The lowest BCUT2D eigenvalue weighted by Crippen LogP contribution is -2.36. The number of fused-ring (bicyclic) bond motifs is 1. The SMILES string of the molecule is N=C(N)NC(=O)c1c(C2CCCC2)c(-c2ccccc2)nc2ccccc12. The van der Waals surface area contributed by atoms with Gasteiger partial charge in [0.2, 0.25) is 0 Å². The number of carbonyl (C=O) groups excluding carboxylic acids is 1. The standard InChI is InChI=1S/C22H22N4O/c23-22(24)26-21(27)19-16-12-6-7-13-17(16)25-20(15-10-2-1-3-11-15)18(19)14-8-4-5-9-14/h1-3,6-7,10-14H,4-5,8-9H2,(H4,23,24,26,27). The Balaban J connectivity index is 2.05. The van der Waals surface area contributed by atoms with Crippen LogP contribution >= 0.6 is 0 Å². The Labute approximate surface area is 158 Å². The maximum absolute atomic E-state index is 13.1. The van der Waals surface area contributed by atoms with Crippen LogP contribution in [0.4, 0.5) is 0 Å².